The molecule has 2 heterocycles. The molecule has 1 aliphatic rings. The lowest BCUT2D eigenvalue weighted by molar-refractivity contribution is 0.0688. The van der Waals surface area contributed by atoms with Crippen molar-refractivity contribution >= 4 is 17.6 Å². The number of carboxylic acid groups (broad SMARTS) is 1. The molecule has 1 aromatic carbocycles. The molecule has 102 valence electrons. The number of benzene rings is 1. The molecular formula is C14H12ClN3O2. The van der Waals surface area contributed by atoms with Gasteiger partial charge in [0.1, 0.15) is 0 Å². The molecule has 0 spiro atoms. The average molecular weight is 290 g/mol. The number of nitrogens with one attached hydrogen (secondary N) is 1. The lowest BCUT2D eigenvalue weighted by Crippen LogP contribution is -2.27. The van der Waals surface area contributed by atoms with Gasteiger partial charge >= 0.3 is 5.97 Å². The summed E-state index contributed by atoms with van der Waals surface area (Å²) in [5.41, 5.74) is 2.17. The molecule has 0 amide bonds. The Bertz CT molecular complexity index is 688. The van der Waals surface area contributed by atoms with Crippen molar-refractivity contribution in [1.29, 1.82) is 0 Å². The lowest BCUT2D eigenvalue weighted by atomic mass is 10.0. The third-order valence-electron chi connectivity index (χ3n) is 3.25. The Morgan fingerprint density at radius 3 is 2.85 bits per heavy atom. The SMILES string of the molecule is O=C(O)c1nc(-c2ccccc2Cl)nc2c1CCNC2. The molecule has 1 aliphatic heterocycles. The third-order valence-corrected chi connectivity index (χ3v) is 3.58. The Labute approximate surface area is 120 Å². The van der Waals surface area contributed by atoms with Gasteiger partial charge in [-0.05, 0) is 25.1 Å². The van der Waals surface area contributed by atoms with Gasteiger partial charge in [0.05, 0.1) is 10.7 Å². The molecule has 0 radical (unpaired) electrons. The van der Waals surface area contributed by atoms with E-state index >= 15 is 0 Å². The second-order valence-corrected chi connectivity index (χ2v) is 4.94. The van der Waals surface area contributed by atoms with Gasteiger partial charge in [-0.1, -0.05) is 23.7 Å². The summed E-state index contributed by atoms with van der Waals surface area (Å²) in [5.74, 6) is -0.672. The molecule has 0 atom stereocenters. The molecule has 3 rings (SSSR count). The van der Waals surface area contributed by atoms with E-state index in [1.165, 1.54) is 0 Å². The molecule has 0 saturated heterocycles. The molecule has 0 aliphatic carbocycles. The fourth-order valence-electron chi connectivity index (χ4n) is 2.30. The van der Waals surface area contributed by atoms with E-state index in [1.54, 1.807) is 12.1 Å². The molecule has 1 aromatic heterocycles. The number of hydrogen-bond acceptors (Lipinski definition) is 4. The molecule has 0 saturated carbocycles. The molecule has 6 heteroatoms. The molecule has 0 fully saturated rings. The minimum absolute atomic E-state index is 0.0754. The largest absolute Gasteiger partial charge is 0.476 e. The van der Waals surface area contributed by atoms with E-state index < -0.39 is 5.97 Å². The standard InChI is InChI=1S/C14H12ClN3O2/c15-10-4-2-1-3-8(10)13-17-11-7-16-6-5-9(11)12(18-13)14(19)20/h1-4,16H,5-7H2,(H,19,20). The monoisotopic (exact) mass is 289 g/mol. The maximum atomic E-state index is 11.4. The first-order valence-electron chi connectivity index (χ1n) is 6.25. The Kier molecular flexibility index (Phi) is 3.38. The Hall–Kier alpha value is -1.98. The number of carbonyl (C=O) groups is 1. The number of aromatic nitrogens is 2. The molecule has 2 N–H and O–H groups in total. The van der Waals surface area contributed by atoms with Gasteiger partial charge in [0.15, 0.2) is 11.5 Å². The van der Waals surface area contributed by atoms with Gasteiger partial charge in [0.2, 0.25) is 0 Å². The van der Waals surface area contributed by atoms with E-state index in [9.17, 15) is 9.90 Å². The van der Waals surface area contributed by atoms with Crippen LogP contribution >= 0.6 is 11.6 Å². The summed E-state index contributed by atoms with van der Waals surface area (Å²) in [7, 11) is 0. The number of rotatable bonds is 2. The summed E-state index contributed by atoms with van der Waals surface area (Å²) in [6.45, 7) is 1.29. The predicted molar refractivity (Wildman–Crippen MR) is 74.8 cm³/mol. The van der Waals surface area contributed by atoms with Crippen molar-refractivity contribution in [2.24, 2.45) is 0 Å². The van der Waals surface area contributed by atoms with Crippen LogP contribution in [0.4, 0.5) is 0 Å². The lowest BCUT2D eigenvalue weighted by Gasteiger charge is -2.18. The zero-order chi connectivity index (χ0) is 14.1. The van der Waals surface area contributed by atoms with Crippen molar-refractivity contribution in [3.8, 4) is 11.4 Å². The molecule has 0 bridgehead atoms. The second-order valence-electron chi connectivity index (χ2n) is 4.53. The molecule has 2 aromatic rings. The fourth-order valence-corrected chi connectivity index (χ4v) is 2.52. The Morgan fingerprint density at radius 2 is 2.10 bits per heavy atom. The zero-order valence-electron chi connectivity index (χ0n) is 10.6. The van der Waals surface area contributed by atoms with Crippen molar-refractivity contribution in [3.63, 3.8) is 0 Å². The van der Waals surface area contributed by atoms with Crippen LogP contribution in [-0.4, -0.2) is 27.6 Å². The minimum Gasteiger partial charge on any atom is -0.476 e. The molecule has 0 unspecified atom stereocenters. The van der Waals surface area contributed by atoms with Crippen LogP contribution in [0.1, 0.15) is 21.7 Å². The van der Waals surface area contributed by atoms with Crippen molar-refractivity contribution in [2.75, 3.05) is 6.54 Å². The van der Waals surface area contributed by atoms with Gasteiger partial charge in [-0.2, -0.15) is 0 Å². The first-order chi connectivity index (χ1) is 9.66. The van der Waals surface area contributed by atoms with Crippen LogP contribution in [0.2, 0.25) is 5.02 Å². The smallest absolute Gasteiger partial charge is 0.354 e. The van der Waals surface area contributed by atoms with Crippen molar-refractivity contribution < 1.29 is 9.90 Å². The van der Waals surface area contributed by atoms with E-state index in [0.717, 1.165) is 12.2 Å². The Balaban J connectivity index is 2.20. The van der Waals surface area contributed by atoms with E-state index in [0.29, 0.717) is 34.9 Å². The van der Waals surface area contributed by atoms with Crippen LogP contribution in [0.15, 0.2) is 24.3 Å². The highest BCUT2D eigenvalue weighted by atomic mass is 35.5. The van der Waals surface area contributed by atoms with Gasteiger partial charge in [-0.15, -0.1) is 0 Å². The van der Waals surface area contributed by atoms with E-state index in [1.807, 2.05) is 12.1 Å². The highest BCUT2D eigenvalue weighted by molar-refractivity contribution is 6.33. The van der Waals surface area contributed by atoms with Gasteiger partial charge < -0.3 is 10.4 Å². The first-order valence-corrected chi connectivity index (χ1v) is 6.63. The van der Waals surface area contributed by atoms with E-state index in [4.69, 9.17) is 11.6 Å². The zero-order valence-corrected chi connectivity index (χ0v) is 11.3. The average Bonchev–Trinajstić information content (AvgIpc) is 2.46. The van der Waals surface area contributed by atoms with Crippen molar-refractivity contribution in [1.82, 2.24) is 15.3 Å². The van der Waals surface area contributed by atoms with Gasteiger partial charge in [0.25, 0.3) is 0 Å². The van der Waals surface area contributed by atoms with Crippen LogP contribution in [-0.2, 0) is 13.0 Å². The topological polar surface area (TPSA) is 75.1 Å². The minimum atomic E-state index is -1.03. The molecule has 20 heavy (non-hydrogen) atoms. The highest BCUT2D eigenvalue weighted by Gasteiger charge is 2.22. The van der Waals surface area contributed by atoms with E-state index in [-0.39, 0.29) is 5.69 Å². The summed E-state index contributed by atoms with van der Waals surface area (Å²) in [5, 5.41) is 13.0. The van der Waals surface area contributed by atoms with Crippen molar-refractivity contribution in [3.05, 3.63) is 46.2 Å². The summed E-state index contributed by atoms with van der Waals surface area (Å²) >= 11 is 6.13. The van der Waals surface area contributed by atoms with Gasteiger partial charge in [-0.3, -0.25) is 0 Å². The van der Waals surface area contributed by atoms with Crippen LogP contribution in [0.3, 0.4) is 0 Å². The summed E-state index contributed by atoms with van der Waals surface area (Å²) in [6.07, 6.45) is 0.625. The maximum absolute atomic E-state index is 11.4. The number of fused-ring (bicyclic) bond motifs is 1. The van der Waals surface area contributed by atoms with Crippen LogP contribution < -0.4 is 5.32 Å². The van der Waals surface area contributed by atoms with Crippen LogP contribution in [0.5, 0.6) is 0 Å². The normalized spacial score (nSPS) is 13.8. The summed E-state index contributed by atoms with van der Waals surface area (Å²) in [4.78, 5) is 20.1. The van der Waals surface area contributed by atoms with Gasteiger partial charge in [-0.25, -0.2) is 14.8 Å². The Morgan fingerprint density at radius 1 is 1.30 bits per heavy atom. The molecular weight excluding hydrogens is 278 g/mol. The van der Waals surface area contributed by atoms with Gasteiger partial charge in [0, 0.05) is 17.7 Å². The summed E-state index contributed by atoms with van der Waals surface area (Å²) in [6, 6.07) is 7.15. The number of hydrogen-bond donors (Lipinski definition) is 2. The third kappa shape index (κ3) is 2.26. The van der Waals surface area contributed by atoms with Crippen molar-refractivity contribution in [2.45, 2.75) is 13.0 Å². The quantitative estimate of drug-likeness (QED) is 0.886. The maximum Gasteiger partial charge on any atom is 0.354 e. The summed E-state index contributed by atoms with van der Waals surface area (Å²) < 4.78 is 0. The fraction of sp³-hybridized carbons (Fsp3) is 0.214. The van der Waals surface area contributed by atoms with Crippen LogP contribution in [0, 0.1) is 0 Å². The number of nitrogens with zero attached hydrogens (tertiary/aromatic N) is 2. The highest BCUT2D eigenvalue weighted by Crippen LogP contribution is 2.27. The number of carboxylic acids is 1. The number of aromatic carboxylic acids is 1. The molecule has 5 nitrogen and oxygen atoms in total. The predicted octanol–water partition coefficient (Wildman–Crippen LogP) is 2.14. The number of halogens is 1. The first kappa shape index (κ1) is 13.0. The second kappa shape index (κ2) is 5.19. The van der Waals surface area contributed by atoms with E-state index in [2.05, 4.69) is 15.3 Å². The van der Waals surface area contributed by atoms with Crippen LogP contribution in [0.25, 0.3) is 11.4 Å².